The van der Waals surface area contributed by atoms with E-state index in [1.807, 2.05) is 11.4 Å². The third kappa shape index (κ3) is 2.87. The van der Waals surface area contributed by atoms with Crippen molar-refractivity contribution >= 4 is 11.3 Å². The van der Waals surface area contributed by atoms with Crippen molar-refractivity contribution in [1.82, 2.24) is 4.98 Å². The first kappa shape index (κ1) is 11.2. The molecule has 2 heterocycles. The molecule has 0 fully saturated rings. The summed E-state index contributed by atoms with van der Waals surface area (Å²) in [6.07, 6.45) is 3.36. The molecule has 0 aromatic carbocycles. The van der Waals surface area contributed by atoms with Gasteiger partial charge in [-0.1, -0.05) is 0 Å². The van der Waals surface area contributed by atoms with E-state index in [2.05, 4.69) is 10.4 Å². The average Bonchev–Trinajstić information content (AvgIpc) is 2.78. The number of nitrogens with zero attached hydrogens (tertiary/aromatic N) is 1. The monoisotopic (exact) mass is 237 g/mol. The van der Waals surface area contributed by atoms with Gasteiger partial charge in [0.2, 0.25) is 0 Å². The Morgan fingerprint density at radius 2 is 2.31 bits per heavy atom. The Morgan fingerprint density at radius 1 is 1.44 bits per heavy atom. The summed E-state index contributed by atoms with van der Waals surface area (Å²) >= 11 is 1.64. The van der Waals surface area contributed by atoms with Crippen LogP contribution in [-0.4, -0.2) is 10.1 Å². The number of aliphatic hydroxyl groups excluding tert-OH is 1. The van der Waals surface area contributed by atoms with E-state index >= 15 is 0 Å². The molecule has 0 bridgehead atoms. The van der Waals surface area contributed by atoms with E-state index < -0.39 is 11.9 Å². The van der Waals surface area contributed by atoms with Crippen LogP contribution in [0, 0.1) is 5.82 Å². The van der Waals surface area contributed by atoms with Gasteiger partial charge < -0.3 is 5.11 Å². The fourth-order valence-corrected chi connectivity index (χ4v) is 2.22. The maximum atomic E-state index is 12.9. The molecular weight excluding hydrogens is 225 g/mol. The number of aryl methyl sites for hydroxylation is 1. The summed E-state index contributed by atoms with van der Waals surface area (Å²) in [6, 6.07) is 3.35. The molecule has 84 valence electrons. The van der Waals surface area contributed by atoms with Crippen molar-refractivity contribution in [2.24, 2.45) is 0 Å². The largest absolute Gasteiger partial charge is 0.388 e. The third-order valence-electron chi connectivity index (χ3n) is 2.40. The molecule has 1 N–H and O–H groups in total. The number of halogens is 1. The van der Waals surface area contributed by atoms with Crippen LogP contribution in [-0.2, 0) is 6.42 Å². The maximum absolute atomic E-state index is 12.9. The minimum atomic E-state index is -0.650. The van der Waals surface area contributed by atoms with Gasteiger partial charge in [0.1, 0.15) is 5.82 Å². The van der Waals surface area contributed by atoms with E-state index in [1.54, 1.807) is 11.3 Å². The zero-order valence-corrected chi connectivity index (χ0v) is 9.45. The lowest BCUT2D eigenvalue weighted by atomic mass is 10.0. The Morgan fingerprint density at radius 3 is 3.00 bits per heavy atom. The van der Waals surface area contributed by atoms with Gasteiger partial charge in [0.05, 0.1) is 12.3 Å². The smallest absolute Gasteiger partial charge is 0.141 e. The standard InChI is InChI=1S/C12H12FNOS/c13-11-5-10(6-14-7-11)12(15)2-1-9-3-4-16-8-9/h3-8,12,15H,1-2H2. The van der Waals surface area contributed by atoms with Crippen molar-refractivity contribution < 1.29 is 9.50 Å². The number of hydrogen-bond acceptors (Lipinski definition) is 3. The summed E-state index contributed by atoms with van der Waals surface area (Å²) in [5.74, 6) is -0.410. The molecule has 0 aliphatic carbocycles. The van der Waals surface area contributed by atoms with Gasteiger partial charge in [-0.25, -0.2) is 4.39 Å². The first-order valence-electron chi connectivity index (χ1n) is 5.05. The zero-order valence-electron chi connectivity index (χ0n) is 8.64. The number of pyridine rings is 1. The van der Waals surface area contributed by atoms with Gasteiger partial charge in [0, 0.05) is 11.8 Å². The van der Waals surface area contributed by atoms with E-state index in [1.165, 1.54) is 17.8 Å². The highest BCUT2D eigenvalue weighted by Gasteiger charge is 2.09. The van der Waals surface area contributed by atoms with Gasteiger partial charge in [-0.3, -0.25) is 4.98 Å². The molecule has 0 saturated heterocycles. The fraction of sp³-hybridized carbons (Fsp3) is 0.250. The quantitative estimate of drug-likeness (QED) is 0.886. The van der Waals surface area contributed by atoms with Gasteiger partial charge in [-0.05, 0) is 41.3 Å². The van der Waals surface area contributed by atoms with Crippen LogP contribution in [0.15, 0.2) is 35.3 Å². The molecule has 2 aromatic rings. The molecule has 0 spiro atoms. The average molecular weight is 237 g/mol. The van der Waals surface area contributed by atoms with E-state index in [4.69, 9.17) is 0 Å². The lowest BCUT2D eigenvalue weighted by Gasteiger charge is -2.09. The molecule has 0 saturated carbocycles. The number of aromatic nitrogens is 1. The molecule has 0 aliphatic heterocycles. The molecule has 2 aromatic heterocycles. The van der Waals surface area contributed by atoms with Crippen molar-refractivity contribution in [2.75, 3.05) is 0 Å². The van der Waals surface area contributed by atoms with Crippen LogP contribution < -0.4 is 0 Å². The molecule has 0 aliphatic rings. The van der Waals surface area contributed by atoms with E-state index in [0.29, 0.717) is 12.0 Å². The molecule has 0 radical (unpaired) electrons. The zero-order chi connectivity index (χ0) is 11.4. The second kappa shape index (κ2) is 5.18. The Kier molecular flexibility index (Phi) is 3.64. The van der Waals surface area contributed by atoms with Crippen molar-refractivity contribution in [3.63, 3.8) is 0 Å². The van der Waals surface area contributed by atoms with E-state index in [-0.39, 0.29) is 0 Å². The molecule has 2 nitrogen and oxygen atoms in total. The Hall–Kier alpha value is -1.26. The van der Waals surface area contributed by atoms with Gasteiger partial charge in [0.15, 0.2) is 0 Å². The Bertz CT molecular complexity index is 444. The van der Waals surface area contributed by atoms with Gasteiger partial charge in [-0.2, -0.15) is 11.3 Å². The summed E-state index contributed by atoms with van der Waals surface area (Å²) in [6.45, 7) is 0. The topological polar surface area (TPSA) is 33.1 Å². The van der Waals surface area contributed by atoms with Crippen LogP contribution in [0.5, 0.6) is 0 Å². The number of aliphatic hydroxyl groups is 1. The van der Waals surface area contributed by atoms with Gasteiger partial charge in [-0.15, -0.1) is 0 Å². The second-order valence-electron chi connectivity index (χ2n) is 3.62. The maximum Gasteiger partial charge on any atom is 0.141 e. The molecule has 0 amide bonds. The predicted molar refractivity (Wildman–Crippen MR) is 61.8 cm³/mol. The van der Waals surface area contributed by atoms with E-state index in [0.717, 1.165) is 12.6 Å². The highest BCUT2D eigenvalue weighted by molar-refractivity contribution is 7.07. The highest BCUT2D eigenvalue weighted by atomic mass is 32.1. The highest BCUT2D eigenvalue weighted by Crippen LogP contribution is 2.19. The van der Waals surface area contributed by atoms with Crippen molar-refractivity contribution in [1.29, 1.82) is 0 Å². The first-order valence-corrected chi connectivity index (χ1v) is 5.99. The summed E-state index contributed by atoms with van der Waals surface area (Å²) in [5.41, 5.74) is 1.74. The number of hydrogen-bond donors (Lipinski definition) is 1. The molecular formula is C12H12FNOS. The van der Waals surface area contributed by atoms with Crippen LogP contribution in [0.3, 0.4) is 0 Å². The third-order valence-corrected chi connectivity index (χ3v) is 3.13. The summed E-state index contributed by atoms with van der Waals surface area (Å²) < 4.78 is 12.9. The molecule has 4 heteroatoms. The summed E-state index contributed by atoms with van der Waals surface area (Å²) in [4.78, 5) is 3.72. The summed E-state index contributed by atoms with van der Waals surface area (Å²) in [5, 5.41) is 13.9. The minimum Gasteiger partial charge on any atom is -0.388 e. The Balaban J connectivity index is 1.95. The van der Waals surface area contributed by atoms with Crippen LogP contribution in [0.25, 0.3) is 0 Å². The number of thiophene rings is 1. The minimum absolute atomic E-state index is 0.410. The van der Waals surface area contributed by atoms with Crippen molar-refractivity contribution in [3.8, 4) is 0 Å². The van der Waals surface area contributed by atoms with Crippen molar-refractivity contribution in [2.45, 2.75) is 18.9 Å². The first-order chi connectivity index (χ1) is 7.75. The number of rotatable bonds is 4. The Labute approximate surface area is 97.4 Å². The lowest BCUT2D eigenvalue weighted by molar-refractivity contribution is 0.167. The van der Waals surface area contributed by atoms with Gasteiger partial charge in [0.25, 0.3) is 0 Å². The van der Waals surface area contributed by atoms with Gasteiger partial charge >= 0.3 is 0 Å². The van der Waals surface area contributed by atoms with Crippen LogP contribution in [0.1, 0.15) is 23.7 Å². The molecule has 1 unspecified atom stereocenters. The molecule has 2 rings (SSSR count). The SMILES string of the molecule is OC(CCc1ccsc1)c1cncc(F)c1. The molecule has 16 heavy (non-hydrogen) atoms. The van der Waals surface area contributed by atoms with Crippen LogP contribution in [0.2, 0.25) is 0 Å². The van der Waals surface area contributed by atoms with E-state index in [9.17, 15) is 9.50 Å². The predicted octanol–water partition coefficient (Wildman–Crippen LogP) is 2.95. The fourth-order valence-electron chi connectivity index (χ4n) is 1.52. The molecule has 1 atom stereocenters. The van der Waals surface area contributed by atoms with Crippen LogP contribution in [0.4, 0.5) is 4.39 Å². The summed E-state index contributed by atoms with van der Waals surface area (Å²) in [7, 11) is 0. The van der Waals surface area contributed by atoms with Crippen LogP contribution >= 0.6 is 11.3 Å². The van der Waals surface area contributed by atoms with Crippen molar-refractivity contribution in [3.05, 3.63) is 52.2 Å². The lowest BCUT2D eigenvalue weighted by Crippen LogP contribution is -2.00. The second-order valence-corrected chi connectivity index (χ2v) is 4.40. The normalized spacial score (nSPS) is 12.6.